The minimum Gasteiger partial charge on any atom is -0.348 e. The van der Waals surface area contributed by atoms with Crippen molar-refractivity contribution in [1.29, 1.82) is 0 Å². The third-order valence-corrected chi connectivity index (χ3v) is 7.97. The zero-order valence-electron chi connectivity index (χ0n) is 17.5. The lowest BCUT2D eigenvalue weighted by Crippen LogP contribution is -3.19. The lowest BCUT2D eigenvalue weighted by atomic mass is 9.86. The second kappa shape index (κ2) is 9.87. The number of carbonyl (C=O) groups excluding carboxylic acids is 1. The summed E-state index contributed by atoms with van der Waals surface area (Å²) in [6.45, 7) is 6.34. The fourth-order valence-electron chi connectivity index (χ4n) is 4.30. The smallest absolute Gasteiger partial charge is 0.278 e. The lowest BCUT2D eigenvalue weighted by molar-refractivity contribution is -0.917. The van der Waals surface area contributed by atoms with Gasteiger partial charge in [-0.1, -0.05) is 50.1 Å². The fourth-order valence-corrected chi connectivity index (χ4v) is 5.49. The van der Waals surface area contributed by atoms with E-state index in [0.717, 1.165) is 16.9 Å². The molecule has 2 aliphatic rings. The molecule has 1 heterocycles. The molecule has 2 fully saturated rings. The Labute approximate surface area is 175 Å². The van der Waals surface area contributed by atoms with Crippen molar-refractivity contribution in [3.8, 4) is 0 Å². The van der Waals surface area contributed by atoms with Crippen LogP contribution < -0.4 is 10.2 Å². The van der Waals surface area contributed by atoms with Gasteiger partial charge >= 0.3 is 0 Å². The van der Waals surface area contributed by atoms with E-state index in [1.807, 2.05) is 37.3 Å². The highest BCUT2D eigenvalue weighted by molar-refractivity contribution is 7.92. The zero-order valence-corrected chi connectivity index (χ0v) is 18.3. The number of carbonyl (C=O) groups is 1. The van der Waals surface area contributed by atoms with Crippen LogP contribution in [0.1, 0.15) is 45.1 Å². The Balaban J connectivity index is 1.51. The summed E-state index contributed by atoms with van der Waals surface area (Å²) in [7, 11) is -3.44. The lowest BCUT2D eigenvalue weighted by Gasteiger charge is -2.35. The molecule has 1 saturated heterocycles. The maximum absolute atomic E-state index is 12.7. The van der Waals surface area contributed by atoms with Crippen LogP contribution in [0.3, 0.4) is 0 Å². The standard InChI is InChI=1S/C22H33N3O3S/c1-18-8-6-7-11-21(18)23-22(26)19(2)24-13-15-25(16-14-24)29(27,28)17-12-20-9-4-3-5-10-20/h3-5,9-10,12,17-19,21H,6-8,11,13-16H2,1-2H3,(H,23,26)/p+1/b17-12+/t18-,19+,21+/m0/s1. The van der Waals surface area contributed by atoms with E-state index >= 15 is 0 Å². The first kappa shape index (κ1) is 22.0. The number of amides is 1. The van der Waals surface area contributed by atoms with Crippen molar-refractivity contribution in [2.45, 2.75) is 51.6 Å². The molecule has 3 rings (SSSR count). The molecule has 0 aromatic heterocycles. The van der Waals surface area contributed by atoms with Gasteiger partial charge in [0.15, 0.2) is 6.04 Å². The predicted octanol–water partition coefficient (Wildman–Crippen LogP) is 1.27. The van der Waals surface area contributed by atoms with Gasteiger partial charge in [-0.2, -0.15) is 4.31 Å². The monoisotopic (exact) mass is 420 g/mol. The van der Waals surface area contributed by atoms with Gasteiger partial charge in [-0.25, -0.2) is 8.42 Å². The Morgan fingerprint density at radius 3 is 2.48 bits per heavy atom. The first-order valence-electron chi connectivity index (χ1n) is 10.7. The summed E-state index contributed by atoms with van der Waals surface area (Å²) in [6.07, 6.45) is 6.32. The van der Waals surface area contributed by atoms with Crippen LogP contribution in [0.5, 0.6) is 0 Å². The number of nitrogens with one attached hydrogen (secondary N) is 2. The molecule has 1 aromatic carbocycles. The van der Waals surface area contributed by atoms with Crippen molar-refractivity contribution in [2.24, 2.45) is 5.92 Å². The number of hydrogen-bond acceptors (Lipinski definition) is 3. The van der Waals surface area contributed by atoms with Crippen LogP contribution >= 0.6 is 0 Å². The molecule has 0 radical (unpaired) electrons. The summed E-state index contributed by atoms with van der Waals surface area (Å²) < 4.78 is 26.8. The molecule has 1 saturated carbocycles. The second-order valence-corrected chi connectivity index (χ2v) is 10.2. The molecule has 1 aliphatic heterocycles. The molecular weight excluding hydrogens is 386 g/mol. The van der Waals surface area contributed by atoms with Crippen molar-refractivity contribution in [3.05, 3.63) is 41.3 Å². The summed E-state index contributed by atoms with van der Waals surface area (Å²) in [6, 6.07) is 9.55. The molecule has 29 heavy (non-hydrogen) atoms. The molecule has 6 nitrogen and oxygen atoms in total. The summed E-state index contributed by atoms with van der Waals surface area (Å²) in [5, 5.41) is 4.53. The highest BCUT2D eigenvalue weighted by atomic mass is 32.2. The molecular formula is C22H34N3O3S+. The summed E-state index contributed by atoms with van der Waals surface area (Å²) in [5.74, 6) is 0.632. The van der Waals surface area contributed by atoms with E-state index in [1.54, 1.807) is 6.08 Å². The number of hydrogen-bond donors (Lipinski definition) is 2. The number of piperazine rings is 1. The number of benzene rings is 1. The highest BCUT2D eigenvalue weighted by Crippen LogP contribution is 2.23. The maximum Gasteiger partial charge on any atom is 0.278 e. The topological polar surface area (TPSA) is 70.9 Å². The van der Waals surface area contributed by atoms with Gasteiger partial charge in [-0.05, 0) is 37.3 Å². The number of rotatable bonds is 6. The van der Waals surface area contributed by atoms with E-state index in [0.29, 0.717) is 32.1 Å². The molecule has 0 bridgehead atoms. The predicted molar refractivity (Wildman–Crippen MR) is 116 cm³/mol. The normalized spacial score (nSPS) is 25.7. The van der Waals surface area contributed by atoms with E-state index in [9.17, 15) is 13.2 Å². The Morgan fingerprint density at radius 2 is 1.83 bits per heavy atom. The van der Waals surface area contributed by atoms with Crippen molar-refractivity contribution in [2.75, 3.05) is 26.2 Å². The molecule has 1 aromatic rings. The number of sulfonamides is 1. The van der Waals surface area contributed by atoms with Crippen LogP contribution in [0, 0.1) is 5.92 Å². The molecule has 7 heteroatoms. The van der Waals surface area contributed by atoms with Crippen molar-refractivity contribution < 1.29 is 18.1 Å². The fraction of sp³-hybridized carbons (Fsp3) is 0.591. The third-order valence-electron chi connectivity index (χ3n) is 6.40. The molecule has 0 spiro atoms. The molecule has 2 N–H and O–H groups in total. The van der Waals surface area contributed by atoms with Crippen LogP contribution in [-0.4, -0.2) is 56.9 Å². The third kappa shape index (κ3) is 5.90. The van der Waals surface area contributed by atoms with Gasteiger partial charge in [-0.15, -0.1) is 0 Å². The van der Waals surface area contributed by atoms with Gasteiger partial charge in [0.2, 0.25) is 10.0 Å². The minimum atomic E-state index is -3.44. The molecule has 1 aliphatic carbocycles. The van der Waals surface area contributed by atoms with Crippen LogP contribution in [0.4, 0.5) is 0 Å². The first-order chi connectivity index (χ1) is 13.9. The minimum absolute atomic E-state index is 0.0963. The Bertz CT molecular complexity index is 802. The summed E-state index contributed by atoms with van der Waals surface area (Å²) >= 11 is 0. The SMILES string of the molecule is C[C@H](C(=O)N[C@@H]1CCCC[C@@H]1C)[NH+]1CCN(S(=O)(=O)/C=C/c2ccccc2)CC1. The van der Waals surface area contributed by atoms with Gasteiger partial charge in [0.05, 0.1) is 26.2 Å². The highest BCUT2D eigenvalue weighted by Gasteiger charge is 2.34. The van der Waals surface area contributed by atoms with Gasteiger partial charge in [0.1, 0.15) is 0 Å². The average molecular weight is 421 g/mol. The molecule has 160 valence electrons. The molecule has 1 amide bonds. The summed E-state index contributed by atoms with van der Waals surface area (Å²) in [4.78, 5) is 13.9. The van der Waals surface area contributed by atoms with Crippen LogP contribution in [0.2, 0.25) is 0 Å². The Hall–Kier alpha value is -1.70. The van der Waals surface area contributed by atoms with Gasteiger partial charge < -0.3 is 10.2 Å². The summed E-state index contributed by atoms with van der Waals surface area (Å²) in [5.41, 5.74) is 0.863. The van der Waals surface area contributed by atoms with Crippen LogP contribution in [-0.2, 0) is 14.8 Å². The quantitative estimate of drug-likeness (QED) is 0.728. The van der Waals surface area contributed by atoms with E-state index < -0.39 is 10.0 Å². The largest absolute Gasteiger partial charge is 0.348 e. The maximum atomic E-state index is 12.7. The van der Waals surface area contributed by atoms with E-state index in [1.165, 1.54) is 29.0 Å². The first-order valence-corrected chi connectivity index (χ1v) is 12.3. The van der Waals surface area contributed by atoms with E-state index in [-0.39, 0.29) is 18.0 Å². The molecule has 3 atom stereocenters. The van der Waals surface area contributed by atoms with Crippen LogP contribution in [0.15, 0.2) is 35.7 Å². The molecule has 0 unspecified atom stereocenters. The Kier molecular flexibility index (Phi) is 7.49. The zero-order chi connectivity index (χ0) is 20.9. The van der Waals surface area contributed by atoms with Gasteiger partial charge in [-0.3, -0.25) is 4.79 Å². The van der Waals surface area contributed by atoms with E-state index in [4.69, 9.17) is 0 Å². The van der Waals surface area contributed by atoms with Gasteiger partial charge in [0, 0.05) is 11.4 Å². The average Bonchev–Trinajstić information content (AvgIpc) is 2.74. The van der Waals surface area contributed by atoms with Crippen LogP contribution in [0.25, 0.3) is 6.08 Å². The second-order valence-electron chi connectivity index (χ2n) is 8.41. The number of nitrogens with zero attached hydrogens (tertiary/aromatic N) is 1. The van der Waals surface area contributed by atoms with Crippen molar-refractivity contribution >= 4 is 22.0 Å². The van der Waals surface area contributed by atoms with Crippen molar-refractivity contribution in [1.82, 2.24) is 9.62 Å². The Morgan fingerprint density at radius 1 is 1.17 bits per heavy atom. The van der Waals surface area contributed by atoms with E-state index in [2.05, 4.69) is 12.2 Å². The van der Waals surface area contributed by atoms with Crippen molar-refractivity contribution in [3.63, 3.8) is 0 Å². The van der Waals surface area contributed by atoms with Gasteiger partial charge in [0.25, 0.3) is 5.91 Å². The number of quaternary nitrogens is 1.